The first-order valence-corrected chi connectivity index (χ1v) is 5.43. The number of anilines is 1. The van der Waals surface area contributed by atoms with Crippen LogP contribution in [0.5, 0.6) is 0 Å². The summed E-state index contributed by atoms with van der Waals surface area (Å²) in [6.07, 6.45) is 0.320. The van der Waals surface area contributed by atoms with E-state index in [1.54, 1.807) is 12.1 Å². The Labute approximate surface area is 100 Å². The molecule has 1 aromatic rings. The van der Waals surface area contributed by atoms with Crippen LogP contribution in [-0.4, -0.2) is 24.9 Å². The summed E-state index contributed by atoms with van der Waals surface area (Å²) in [6, 6.07) is 7.17. The van der Waals surface area contributed by atoms with E-state index in [-0.39, 0.29) is 11.8 Å². The third-order valence-corrected chi connectivity index (χ3v) is 2.17. The fraction of sp³-hybridized carbons (Fsp3) is 0.333. The normalized spacial score (nSPS) is 9.71. The Bertz CT molecular complexity index is 387. The van der Waals surface area contributed by atoms with Gasteiger partial charge in [0, 0.05) is 25.7 Å². The standard InChI is InChI=1S/C12H17N3O2/c1-9(16)14-6-7-15-12(17)8-10-2-4-11(13)5-3-10/h2-5H,6-8,13H2,1H3,(H,14,16)(H,15,17). The molecule has 0 aliphatic carbocycles. The third-order valence-electron chi connectivity index (χ3n) is 2.17. The minimum absolute atomic E-state index is 0.0693. The van der Waals surface area contributed by atoms with Crippen molar-refractivity contribution >= 4 is 17.5 Å². The lowest BCUT2D eigenvalue weighted by molar-refractivity contribution is -0.121. The average Bonchev–Trinajstić information content (AvgIpc) is 2.27. The molecule has 92 valence electrons. The summed E-state index contributed by atoms with van der Waals surface area (Å²) in [6.45, 7) is 2.33. The van der Waals surface area contributed by atoms with E-state index >= 15 is 0 Å². The third kappa shape index (κ3) is 5.55. The quantitative estimate of drug-likeness (QED) is 0.498. The molecule has 1 rings (SSSR count). The number of nitrogens with two attached hydrogens (primary N) is 1. The Hall–Kier alpha value is -2.04. The molecule has 1 aromatic carbocycles. The van der Waals surface area contributed by atoms with Crippen molar-refractivity contribution in [3.63, 3.8) is 0 Å². The molecule has 0 spiro atoms. The van der Waals surface area contributed by atoms with Crippen molar-refractivity contribution in [2.45, 2.75) is 13.3 Å². The van der Waals surface area contributed by atoms with Gasteiger partial charge in [0.05, 0.1) is 6.42 Å². The Balaban J connectivity index is 2.25. The molecule has 2 amide bonds. The average molecular weight is 235 g/mol. The number of nitrogens with one attached hydrogen (secondary N) is 2. The molecule has 0 radical (unpaired) electrons. The van der Waals surface area contributed by atoms with E-state index in [4.69, 9.17) is 5.73 Å². The molecule has 0 aromatic heterocycles. The molecule has 0 fully saturated rings. The van der Waals surface area contributed by atoms with Gasteiger partial charge >= 0.3 is 0 Å². The molecule has 4 N–H and O–H groups in total. The summed E-state index contributed by atoms with van der Waals surface area (Å²) in [4.78, 5) is 22.1. The highest BCUT2D eigenvalue weighted by molar-refractivity contribution is 5.78. The van der Waals surface area contributed by atoms with Crippen LogP contribution in [0.15, 0.2) is 24.3 Å². The lowest BCUT2D eigenvalue weighted by Gasteiger charge is -2.06. The largest absolute Gasteiger partial charge is 0.399 e. The van der Waals surface area contributed by atoms with Gasteiger partial charge in [-0.1, -0.05) is 12.1 Å². The minimum Gasteiger partial charge on any atom is -0.399 e. The molecule has 5 nitrogen and oxygen atoms in total. The number of carbonyl (C=O) groups excluding carboxylic acids is 2. The number of hydrogen-bond acceptors (Lipinski definition) is 3. The van der Waals surface area contributed by atoms with E-state index in [2.05, 4.69) is 10.6 Å². The van der Waals surface area contributed by atoms with Gasteiger partial charge in [-0.25, -0.2) is 0 Å². The van der Waals surface area contributed by atoms with Crippen LogP contribution < -0.4 is 16.4 Å². The van der Waals surface area contributed by atoms with Crippen LogP contribution in [0.25, 0.3) is 0 Å². The Morgan fingerprint density at radius 3 is 2.29 bits per heavy atom. The van der Waals surface area contributed by atoms with Gasteiger partial charge in [0.2, 0.25) is 11.8 Å². The molecule has 0 bridgehead atoms. The first-order chi connectivity index (χ1) is 8.08. The SMILES string of the molecule is CC(=O)NCCNC(=O)Cc1ccc(N)cc1. The molecular weight excluding hydrogens is 218 g/mol. The van der Waals surface area contributed by atoms with Crippen molar-refractivity contribution in [2.75, 3.05) is 18.8 Å². The lowest BCUT2D eigenvalue weighted by atomic mass is 10.1. The van der Waals surface area contributed by atoms with Crippen molar-refractivity contribution in [1.82, 2.24) is 10.6 Å². The van der Waals surface area contributed by atoms with Gasteiger partial charge in [-0.3, -0.25) is 9.59 Å². The summed E-state index contributed by atoms with van der Waals surface area (Å²) in [5.74, 6) is -0.169. The predicted molar refractivity (Wildman–Crippen MR) is 66.3 cm³/mol. The zero-order valence-corrected chi connectivity index (χ0v) is 9.82. The van der Waals surface area contributed by atoms with Gasteiger partial charge < -0.3 is 16.4 Å². The van der Waals surface area contributed by atoms with E-state index < -0.39 is 0 Å². The minimum atomic E-state index is -0.0993. The zero-order chi connectivity index (χ0) is 12.7. The van der Waals surface area contributed by atoms with Crippen molar-refractivity contribution in [3.8, 4) is 0 Å². The van der Waals surface area contributed by atoms with Gasteiger partial charge in [0.15, 0.2) is 0 Å². The number of hydrogen-bond donors (Lipinski definition) is 3. The summed E-state index contributed by atoms with van der Waals surface area (Å²) in [5.41, 5.74) is 7.14. The smallest absolute Gasteiger partial charge is 0.224 e. The molecule has 0 heterocycles. The second kappa shape index (κ2) is 6.52. The number of rotatable bonds is 5. The maximum atomic E-state index is 11.5. The molecule has 0 saturated carbocycles. The van der Waals surface area contributed by atoms with E-state index in [9.17, 15) is 9.59 Å². The maximum Gasteiger partial charge on any atom is 0.224 e. The number of carbonyl (C=O) groups is 2. The van der Waals surface area contributed by atoms with Crippen molar-refractivity contribution in [3.05, 3.63) is 29.8 Å². The van der Waals surface area contributed by atoms with Crippen LogP contribution in [-0.2, 0) is 16.0 Å². The Morgan fingerprint density at radius 2 is 1.71 bits per heavy atom. The second-order valence-corrected chi connectivity index (χ2v) is 3.75. The maximum absolute atomic E-state index is 11.5. The topological polar surface area (TPSA) is 84.2 Å². The Morgan fingerprint density at radius 1 is 1.12 bits per heavy atom. The molecule has 0 saturated heterocycles. The fourth-order valence-electron chi connectivity index (χ4n) is 1.32. The summed E-state index contributed by atoms with van der Waals surface area (Å²) >= 11 is 0. The summed E-state index contributed by atoms with van der Waals surface area (Å²) in [7, 11) is 0. The van der Waals surface area contributed by atoms with E-state index in [0.29, 0.717) is 25.2 Å². The van der Waals surface area contributed by atoms with Gasteiger partial charge in [0.1, 0.15) is 0 Å². The molecule has 0 unspecified atom stereocenters. The highest BCUT2D eigenvalue weighted by atomic mass is 16.2. The zero-order valence-electron chi connectivity index (χ0n) is 9.82. The van der Waals surface area contributed by atoms with Crippen LogP contribution in [0.4, 0.5) is 5.69 Å². The highest BCUT2D eigenvalue weighted by Crippen LogP contribution is 2.05. The number of nitrogen functional groups attached to an aromatic ring is 1. The van der Waals surface area contributed by atoms with Crippen molar-refractivity contribution in [1.29, 1.82) is 0 Å². The monoisotopic (exact) mass is 235 g/mol. The van der Waals surface area contributed by atoms with Gasteiger partial charge in [-0.15, -0.1) is 0 Å². The molecule has 0 aliphatic heterocycles. The van der Waals surface area contributed by atoms with Crippen molar-refractivity contribution < 1.29 is 9.59 Å². The lowest BCUT2D eigenvalue weighted by Crippen LogP contribution is -2.34. The predicted octanol–water partition coefficient (Wildman–Crippen LogP) is 0.0636. The van der Waals surface area contributed by atoms with E-state index in [0.717, 1.165) is 5.56 Å². The highest BCUT2D eigenvalue weighted by Gasteiger charge is 2.02. The van der Waals surface area contributed by atoms with Gasteiger partial charge in [-0.2, -0.15) is 0 Å². The second-order valence-electron chi connectivity index (χ2n) is 3.75. The van der Waals surface area contributed by atoms with E-state index in [1.807, 2.05) is 12.1 Å². The fourth-order valence-corrected chi connectivity index (χ4v) is 1.32. The first kappa shape index (κ1) is 13.0. The van der Waals surface area contributed by atoms with Gasteiger partial charge in [-0.05, 0) is 17.7 Å². The Kier molecular flexibility index (Phi) is 5.00. The summed E-state index contributed by atoms with van der Waals surface area (Å²) in [5, 5.41) is 5.32. The van der Waals surface area contributed by atoms with E-state index in [1.165, 1.54) is 6.92 Å². The molecular formula is C12H17N3O2. The number of benzene rings is 1. The van der Waals surface area contributed by atoms with Crippen LogP contribution >= 0.6 is 0 Å². The number of amides is 2. The van der Waals surface area contributed by atoms with Crippen LogP contribution in [0.1, 0.15) is 12.5 Å². The van der Waals surface area contributed by atoms with Crippen LogP contribution in [0.3, 0.4) is 0 Å². The van der Waals surface area contributed by atoms with Crippen molar-refractivity contribution in [2.24, 2.45) is 0 Å². The summed E-state index contributed by atoms with van der Waals surface area (Å²) < 4.78 is 0. The van der Waals surface area contributed by atoms with Gasteiger partial charge in [0.25, 0.3) is 0 Å². The van der Waals surface area contributed by atoms with Crippen LogP contribution in [0, 0.1) is 0 Å². The molecule has 17 heavy (non-hydrogen) atoms. The van der Waals surface area contributed by atoms with Crippen LogP contribution in [0.2, 0.25) is 0 Å². The first-order valence-electron chi connectivity index (χ1n) is 5.43. The molecule has 0 aliphatic rings. The molecule has 5 heteroatoms. The molecule has 0 atom stereocenters.